The van der Waals surface area contributed by atoms with Crippen molar-refractivity contribution in [3.63, 3.8) is 0 Å². The molecule has 5 N–H and O–H groups in total. The van der Waals surface area contributed by atoms with Gasteiger partial charge < -0.3 is 21.6 Å². The van der Waals surface area contributed by atoms with E-state index in [1.165, 1.54) is 0 Å². The summed E-state index contributed by atoms with van der Waals surface area (Å²) in [6, 6.07) is -0.441. The molecule has 6 nitrogen and oxygen atoms in total. The summed E-state index contributed by atoms with van der Waals surface area (Å²) in [5.74, 6) is 0.0959. The van der Waals surface area contributed by atoms with Gasteiger partial charge in [0.1, 0.15) is 5.84 Å². The number of carbonyl (C=O) groups excluding carboxylic acids is 1. The lowest BCUT2D eigenvalue weighted by Crippen LogP contribution is -2.49. The van der Waals surface area contributed by atoms with Gasteiger partial charge in [0.25, 0.3) is 0 Å². The first kappa shape index (κ1) is 13.5. The molecule has 0 aromatic rings. The Morgan fingerprint density at radius 1 is 1.53 bits per heavy atom. The number of hydrogen-bond donors (Lipinski definition) is 4. The third-order valence-corrected chi connectivity index (χ3v) is 1.51. The first-order chi connectivity index (χ1) is 6.74. The average Bonchev–Trinajstić information content (AvgIpc) is 1.99. The van der Waals surface area contributed by atoms with Crippen molar-refractivity contribution in [3.8, 4) is 0 Å². The van der Waals surface area contributed by atoms with Gasteiger partial charge in [0.05, 0.1) is 0 Å². The van der Waals surface area contributed by atoms with E-state index in [-0.39, 0.29) is 23.4 Å². The van der Waals surface area contributed by atoms with Crippen LogP contribution in [0.25, 0.3) is 0 Å². The standard InChI is InChI=1S/C9H20N4O2/c1-6(5-7(10)13-15)11-8(14)12-9(2,3)4/h6,15H,5H2,1-4H3,(H2,10,13)(H2,11,12,14). The number of carbonyl (C=O) groups is 1. The lowest BCUT2D eigenvalue weighted by molar-refractivity contribution is 0.229. The predicted octanol–water partition coefficient (Wildman–Crippen LogP) is 0.609. The van der Waals surface area contributed by atoms with Gasteiger partial charge >= 0.3 is 6.03 Å². The highest BCUT2D eigenvalue weighted by Gasteiger charge is 2.15. The normalized spacial score (nSPS) is 14.5. The van der Waals surface area contributed by atoms with E-state index in [0.29, 0.717) is 6.42 Å². The van der Waals surface area contributed by atoms with Gasteiger partial charge in [-0.05, 0) is 27.7 Å². The molecule has 0 spiro atoms. The topological polar surface area (TPSA) is 99.7 Å². The minimum atomic E-state index is -0.277. The maximum Gasteiger partial charge on any atom is 0.315 e. The second-order valence-electron chi connectivity index (χ2n) is 4.54. The highest BCUT2D eigenvalue weighted by molar-refractivity contribution is 5.81. The van der Waals surface area contributed by atoms with Gasteiger partial charge in [0.2, 0.25) is 0 Å². The highest BCUT2D eigenvalue weighted by atomic mass is 16.4. The third kappa shape index (κ3) is 7.60. The molecule has 0 rings (SSSR count). The second kappa shape index (κ2) is 5.43. The smallest absolute Gasteiger partial charge is 0.315 e. The van der Waals surface area contributed by atoms with Crippen LogP contribution >= 0.6 is 0 Å². The number of nitrogens with one attached hydrogen (secondary N) is 2. The lowest BCUT2D eigenvalue weighted by Gasteiger charge is -2.22. The quantitative estimate of drug-likeness (QED) is 0.241. The fourth-order valence-corrected chi connectivity index (χ4v) is 1.01. The van der Waals surface area contributed by atoms with Crippen molar-refractivity contribution in [1.82, 2.24) is 10.6 Å². The molecule has 0 fully saturated rings. The molecule has 0 radical (unpaired) electrons. The molecular formula is C9H20N4O2. The molecule has 0 aliphatic carbocycles. The van der Waals surface area contributed by atoms with Crippen molar-refractivity contribution in [1.29, 1.82) is 0 Å². The number of oxime groups is 1. The molecule has 0 aromatic carbocycles. The van der Waals surface area contributed by atoms with E-state index >= 15 is 0 Å². The second-order valence-corrected chi connectivity index (χ2v) is 4.54. The summed E-state index contributed by atoms with van der Waals surface area (Å²) in [6.45, 7) is 7.45. The van der Waals surface area contributed by atoms with Crippen LogP contribution in [0.15, 0.2) is 5.16 Å². The van der Waals surface area contributed by atoms with Crippen LogP contribution in [0.2, 0.25) is 0 Å². The number of amides is 2. The van der Waals surface area contributed by atoms with Gasteiger partial charge in [-0.1, -0.05) is 5.16 Å². The molecular weight excluding hydrogens is 196 g/mol. The zero-order valence-electron chi connectivity index (χ0n) is 9.66. The molecule has 1 unspecified atom stereocenters. The number of nitrogens with two attached hydrogens (primary N) is 1. The number of nitrogens with zero attached hydrogens (tertiary/aromatic N) is 1. The predicted molar refractivity (Wildman–Crippen MR) is 58.9 cm³/mol. The summed E-state index contributed by atoms with van der Waals surface area (Å²) in [5, 5.41) is 16.6. The Balaban J connectivity index is 3.97. The molecule has 15 heavy (non-hydrogen) atoms. The fraction of sp³-hybridized carbons (Fsp3) is 0.778. The van der Waals surface area contributed by atoms with Gasteiger partial charge in [-0.25, -0.2) is 4.79 Å². The Hall–Kier alpha value is -1.46. The number of rotatable bonds is 3. The van der Waals surface area contributed by atoms with Crippen LogP contribution in [-0.4, -0.2) is 28.7 Å². The maximum atomic E-state index is 11.4. The average molecular weight is 216 g/mol. The molecule has 0 bridgehead atoms. The Bertz CT molecular complexity index is 245. The van der Waals surface area contributed by atoms with E-state index in [2.05, 4.69) is 15.8 Å². The monoisotopic (exact) mass is 216 g/mol. The molecule has 0 saturated carbocycles. The minimum absolute atomic E-state index is 0.0959. The zero-order chi connectivity index (χ0) is 12.1. The van der Waals surface area contributed by atoms with Crippen LogP contribution in [0.4, 0.5) is 4.79 Å². The van der Waals surface area contributed by atoms with Gasteiger partial charge in [-0.15, -0.1) is 0 Å². The summed E-state index contributed by atoms with van der Waals surface area (Å²) < 4.78 is 0. The zero-order valence-corrected chi connectivity index (χ0v) is 9.66. The van der Waals surface area contributed by atoms with Gasteiger partial charge in [0.15, 0.2) is 0 Å². The lowest BCUT2D eigenvalue weighted by atomic mass is 10.1. The van der Waals surface area contributed by atoms with Crippen LogP contribution in [0.3, 0.4) is 0 Å². The Morgan fingerprint density at radius 3 is 2.47 bits per heavy atom. The third-order valence-electron chi connectivity index (χ3n) is 1.51. The largest absolute Gasteiger partial charge is 0.409 e. The molecule has 0 aromatic heterocycles. The molecule has 0 aliphatic rings. The fourth-order valence-electron chi connectivity index (χ4n) is 1.01. The Morgan fingerprint density at radius 2 is 2.07 bits per heavy atom. The summed E-state index contributed by atoms with van der Waals surface area (Å²) >= 11 is 0. The van der Waals surface area contributed by atoms with Crippen LogP contribution in [0, 0.1) is 0 Å². The molecule has 88 valence electrons. The van der Waals surface area contributed by atoms with Crippen LogP contribution in [-0.2, 0) is 0 Å². The van der Waals surface area contributed by atoms with Crippen molar-refractivity contribution < 1.29 is 10.0 Å². The first-order valence-electron chi connectivity index (χ1n) is 4.79. The highest BCUT2D eigenvalue weighted by Crippen LogP contribution is 1.98. The van der Waals surface area contributed by atoms with Crippen LogP contribution < -0.4 is 16.4 Å². The summed E-state index contributed by atoms with van der Waals surface area (Å²) in [6.07, 6.45) is 0.314. The van der Waals surface area contributed by atoms with E-state index < -0.39 is 0 Å². The summed E-state index contributed by atoms with van der Waals surface area (Å²) in [5.41, 5.74) is 5.03. The molecule has 2 amide bonds. The molecule has 0 heterocycles. The van der Waals surface area contributed by atoms with E-state index in [1.807, 2.05) is 20.8 Å². The van der Waals surface area contributed by atoms with Crippen LogP contribution in [0.5, 0.6) is 0 Å². The number of amidine groups is 1. The van der Waals surface area contributed by atoms with Gasteiger partial charge in [-0.3, -0.25) is 0 Å². The maximum absolute atomic E-state index is 11.4. The SMILES string of the molecule is CC(CC(N)=NO)NC(=O)NC(C)(C)C. The van der Waals surface area contributed by atoms with Gasteiger partial charge in [0, 0.05) is 18.0 Å². The van der Waals surface area contributed by atoms with Crippen molar-refractivity contribution in [2.24, 2.45) is 10.9 Å². The number of urea groups is 1. The van der Waals surface area contributed by atoms with E-state index in [4.69, 9.17) is 10.9 Å². The minimum Gasteiger partial charge on any atom is -0.409 e. The first-order valence-corrected chi connectivity index (χ1v) is 4.79. The molecule has 0 aliphatic heterocycles. The molecule has 0 saturated heterocycles. The van der Waals surface area contributed by atoms with Crippen molar-refractivity contribution in [2.45, 2.75) is 45.7 Å². The van der Waals surface area contributed by atoms with Crippen molar-refractivity contribution in [2.75, 3.05) is 0 Å². The van der Waals surface area contributed by atoms with Crippen LogP contribution in [0.1, 0.15) is 34.1 Å². The van der Waals surface area contributed by atoms with Crippen molar-refractivity contribution in [3.05, 3.63) is 0 Å². The Kier molecular flexibility index (Phi) is 4.90. The molecule has 6 heteroatoms. The van der Waals surface area contributed by atoms with E-state index in [1.54, 1.807) is 6.92 Å². The molecule has 1 atom stereocenters. The van der Waals surface area contributed by atoms with E-state index in [9.17, 15) is 4.79 Å². The van der Waals surface area contributed by atoms with E-state index in [0.717, 1.165) is 0 Å². The summed E-state index contributed by atoms with van der Waals surface area (Å²) in [7, 11) is 0. The Labute approximate surface area is 89.9 Å². The van der Waals surface area contributed by atoms with Gasteiger partial charge in [-0.2, -0.15) is 0 Å². The van der Waals surface area contributed by atoms with Crippen molar-refractivity contribution >= 4 is 11.9 Å². The summed E-state index contributed by atoms with van der Waals surface area (Å²) in [4.78, 5) is 11.4. The number of hydrogen-bond acceptors (Lipinski definition) is 3.